The van der Waals surface area contributed by atoms with Crippen LogP contribution in [0.4, 0.5) is 14.5 Å². The molecule has 2 aliphatic rings. The lowest BCUT2D eigenvalue weighted by molar-refractivity contribution is 0.509. The van der Waals surface area contributed by atoms with E-state index in [1.54, 1.807) is 12.3 Å². The smallest absolute Gasteiger partial charge is 0.159 e. The summed E-state index contributed by atoms with van der Waals surface area (Å²) in [7, 11) is 0. The maximum Gasteiger partial charge on any atom is 0.159 e. The van der Waals surface area contributed by atoms with Crippen molar-refractivity contribution in [1.82, 2.24) is 4.98 Å². The highest BCUT2D eigenvalue weighted by Gasteiger charge is 2.29. The van der Waals surface area contributed by atoms with E-state index in [1.165, 1.54) is 22.9 Å². The lowest BCUT2D eigenvalue weighted by Crippen LogP contribution is -2.31. The van der Waals surface area contributed by atoms with Crippen molar-refractivity contribution >= 4 is 22.9 Å². The summed E-state index contributed by atoms with van der Waals surface area (Å²) in [4.78, 5) is 7.64. The molecule has 0 fully saturated rings. The van der Waals surface area contributed by atoms with Gasteiger partial charge in [0.1, 0.15) is 0 Å². The first-order valence-electron chi connectivity index (χ1n) is 8.97. The molecule has 0 saturated heterocycles. The van der Waals surface area contributed by atoms with Gasteiger partial charge in [-0.3, -0.25) is 4.98 Å². The van der Waals surface area contributed by atoms with E-state index in [0.717, 1.165) is 53.6 Å². The molecule has 27 heavy (non-hydrogen) atoms. The zero-order valence-corrected chi connectivity index (χ0v) is 15.3. The second-order valence-corrected chi connectivity index (χ2v) is 7.50. The average Bonchev–Trinajstić information content (AvgIpc) is 3.12. The minimum Gasteiger partial charge on any atom is -0.335 e. The summed E-state index contributed by atoms with van der Waals surface area (Å²) in [6.45, 7) is 0.956. The first-order valence-corrected chi connectivity index (χ1v) is 9.38. The zero-order chi connectivity index (χ0) is 18.5. The van der Waals surface area contributed by atoms with Gasteiger partial charge >= 0.3 is 0 Å². The lowest BCUT2D eigenvalue weighted by atomic mass is 9.93. The van der Waals surface area contributed by atoms with Crippen LogP contribution < -0.4 is 4.90 Å². The van der Waals surface area contributed by atoms with Crippen LogP contribution >= 0.6 is 12.2 Å². The molecule has 0 radical (unpaired) electrons. The lowest BCUT2D eigenvalue weighted by Gasteiger charge is -2.28. The molecular weight excluding hydrogens is 362 g/mol. The van der Waals surface area contributed by atoms with Crippen LogP contribution in [0.2, 0.25) is 0 Å². The van der Waals surface area contributed by atoms with E-state index >= 15 is 0 Å². The van der Waals surface area contributed by atoms with Crippen LogP contribution in [0, 0.1) is 11.6 Å². The van der Waals surface area contributed by atoms with E-state index in [1.807, 2.05) is 12.3 Å². The Bertz CT molecular complexity index is 1090. The van der Waals surface area contributed by atoms with E-state index < -0.39 is 11.6 Å². The first-order chi connectivity index (χ1) is 13.1. The zero-order valence-electron chi connectivity index (χ0n) is 14.5. The number of pyridine rings is 1. The molecule has 1 aromatic heterocycles. The van der Waals surface area contributed by atoms with Gasteiger partial charge in [0.2, 0.25) is 0 Å². The molecule has 0 unspecified atom stereocenters. The Morgan fingerprint density at radius 1 is 0.778 bits per heavy atom. The van der Waals surface area contributed by atoms with E-state index in [9.17, 15) is 8.78 Å². The summed E-state index contributed by atoms with van der Waals surface area (Å²) in [5, 5.41) is 0. The third-order valence-corrected chi connectivity index (χ3v) is 5.80. The SMILES string of the molecule is Fc1ccc(-c2cncc(-c3cc4c5c(c3)CCN5C(=S)CC4)c2)cc1F. The topological polar surface area (TPSA) is 16.1 Å². The summed E-state index contributed by atoms with van der Waals surface area (Å²) in [6.07, 6.45) is 6.36. The van der Waals surface area contributed by atoms with Crippen LogP contribution in [0.5, 0.6) is 0 Å². The molecule has 0 spiro atoms. The molecule has 134 valence electrons. The Labute approximate surface area is 161 Å². The number of halogens is 2. The van der Waals surface area contributed by atoms with Crippen LogP contribution in [0.3, 0.4) is 0 Å². The fraction of sp³-hybridized carbons (Fsp3) is 0.182. The first kappa shape index (κ1) is 16.5. The summed E-state index contributed by atoms with van der Waals surface area (Å²) in [5.74, 6) is -1.70. The van der Waals surface area contributed by atoms with Crippen LogP contribution in [0.25, 0.3) is 22.3 Å². The molecule has 0 N–H and O–H groups in total. The Balaban J connectivity index is 1.58. The van der Waals surface area contributed by atoms with Crippen molar-refractivity contribution in [2.75, 3.05) is 11.4 Å². The minimum absolute atomic E-state index is 0.613. The number of hydrogen-bond donors (Lipinski definition) is 0. The van der Waals surface area contributed by atoms with Gasteiger partial charge in [-0.25, -0.2) is 8.78 Å². The summed E-state index contributed by atoms with van der Waals surface area (Å²) >= 11 is 5.51. The number of thiocarbonyl (C=S) groups is 1. The minimum atomic E-state index is -0.851. The quantitative estimate of drug-likeness (QED) is 0.561. The van der Waals surface area contributed by atoms with Gasteiger partial charge in [-0.1, -0.05) is 18.3 Å². The molecule has 0 saturated carbocycles. The maximum atomic E-state index is 13.6. The van der Waals surface area contributed by atoms with Crippen LogP contribution in [0.15, 0.2) is 48.8 Å². The summed E-state index contributed by atoms with van der Waals surface area (Å²) < 4.78 is 26.8. The average molecular weight is 378 g/mol. The predicted octanol–water partition coefficient (Wildman–Crippen LogP) is 5.33. The highest BCUT2D eigenvalue weighted by atomic mass is 32.1. The van der Waals surface area contributed by atoms with Crippen molar-refractivity contribution < 1.29 is 8.78 Å². The van der Waals surface area contributed by atoms with Gasteiger partial charge in [0.15, 0.2) is 11.6 Å². The van der Waals surface area contributed by atoms with Crippen LogP contribution in [-0.2, 0) is 12.8 Å². The monoisotopic (exact) mass is 378 g/mol. The van der Waals surface area contributed by atoms with Crippen molar-refractivity contribution in [3.05, 3.63) is 71.6 Å². The maximum absolute atomic E-state index is 13.6. The molecule has 3 heterocycles. The second-order valence-electron chi connectivity index (χ2n) is 7.03. The molecule has 0 atom stereocenters. The molecular formula is C22H16F2N2S. The van der Waals surface area contributed by atoms with Gasteiger partial charge in [0.05, 0.1) is 4.99 Å². The van der Waals surface area contributed by atoms with Gasteiger partial charge in [-0.2, -0.15) is 0 Å². The number of aromatic nitrogens is 1. The van der Waals surface area contributed by atoms with Gasteiger partial charge in [0.25, 0.3) is 0 Å². The standard InChI is InChI=1S/C22H16F2N2S/c23-19-3-1-13(10-20(19)24)17-9-18(12-25-11-17)16-7-14-2-4-21(27)26-6-5-15(8-16)22(14)26/h1,3,7-12H,2,4-6H2. The molecule has 0 amide bonds. The van der Waals surface area contributed by atoms with Crippen molar-refractivity contribution in [3.63, 3.8) is 0 Å². The Morgan fingerprint density at radius 2 is 1.52 bits per heavy atom. The van der Waals surface area contributed by atoms with E-state index in [2.05, 4.69) is 22.0 Å². The molecule has 5 rings (SSSR count). The van der Waals surface area contributed by atoms with Crippen LogP contribution in [-0.4, -0.2) is 16.5 Å². The molecule has 2 aliphatic heterocycles. The third kappa shape index (κ3) is 2.73. The molecule has 5 heteroatoms. The van der Waals surface area contributed by atoms with Gasteiger partial charge in [-0.05, 0) is 65.4 Å². The highest BCUT2D eigenvalue weighted by molar-refractivity contribution is 7.80. The number of anilines is 1. The molecule has 2 aromatic carbocycles. The largest absolute Gasteiger partial charge is 0.335 e. The molecule has 3 aromatic rings. The fourth-order valence-electron chi connectivity index (χ4n) is 4.06. The molecule has 0 bridgehead atoms. The van der Waals surface area contributed by atoms with E-state index in [0.29, 0.717) is 5.56 Å². The van der Waals surface area contributed by atoms with Gasteiger partial charge in [-0.15, -0.1) is 0 Å². The Hall–Kier alpha value is -2.66. The molecule has 0 aliphatic carbocycles. The van der Waals surface area contributed by atoms with Crippen molar-refractivity contribution in [1.29, 1.82) is 0 Å². The third-order valence-electron chi connectivity index (χ3n) is 5.38. The Kier molecular flexibility index (Phi) is 3.79. The normalized spacial score (nSPS) is 15.2. The number of benzene rings is 2. The van der Waals surface area contributed by atoms with Crippen molar-refractivity contribution in [2.24, 2.45) is 0 Å². The number of aryl methyl sites for hydroxylation is 1. The van der Waals surface area contributed by atoms with E-state index in [-0.39, 0.29) is 0 Å². The highest BCUT2D eigenvalue weighted by Crippen LogP contribution is 2.40. The van der Waals surface area contributed by atoms with Crippen molar-refractivity contribution in [3.8, 4) is 22.3 Å². The van der Waals surface area contributed by atoms with Crippen LogP contribution in [0.1, 0.15) is 17.5 Å². The van der Waals surface area contributed by atoms with E-state index in [4.69, 9.17) is 12.2 Å². The number of nitrogens with zero attached hydrogens (tertiary/aromatic N) is 2. The second kappa shape index (κ2) is 6.20. The summed E-state index contributed by atoms with van der Waals surface area (Å²) in [5.41, 5.74) is 7.40. The van der Waals surface area contributed by atoms with Gasteiger partial charge < -0.3 is 4.90 Å². The summed E-state index contributed by atoms with van der Waals surface area (Å²) in [6, 6.07) is 10.3. The predicted molar refractivity (Wildman–Crippen MR) is 107 cm³/mol. The van der Waals surface area contributed by atoms with Gasteiger partial charge in [0, 0.05) is 42.2 Å². The fourth-order valence-corrected chi connectivity index (χ4v) is 4.34. The molecule has 2 nitrogen and oxygen atoms in total. The number of rotatable bonds is 2. The number of hydrogen-bond acceptors (Lipinski definition) is 2. The Morgan fingerprint density at radius 3 is 2.30 bits per heavy atom. The van der Waals surface area contributed by atoms with Crippen molar-refractivity contribution in [2.45, 2.75) is 19.3 Å².